The number of aromatic nitrogens is 1. The molecule has 5 heteroatoms. The van der Waals surface area contributed by atoms with E-state index in [0.29, 0.717) is 26.4 Å². The highest BCUT2D eigenvalue weighted by Crippen LogP contribution is 2.22. The summed E-state index contributed by atoms with van der Waals surface area (Å²) in [5.41, 5.74) is 5.57. The molecule has 1 aromatic rings. The molecule has 0 amide bonds. The first-order valence-electron chi connectivity index (χ1n) is 4.16. The van der Waals surface area contributed by atoms with Crippen molar-refractivity contribution in [3.63, 3.8) is 0 Å². The summed E-state index contributed by atoms with van der Waals surface area (Å²) in [6.07, 6.45) is 1.75. The molecule has 0 spiro atoms. The van der Waals surface area contributed by atoms with E-state index in [4.69, 9.17) is 15.2 Å². The molecule has 72 valence electrons. The van der Waals surface area contributed by atoms with Crippen LogP contribution in [0.1, 0.15) is 5.01 Å². The third kappa shape index (κ3) is 1.88. The van der Waals surface area contributed by atoms with Gasteiger partial charge in [0.15, 0.2) is 0 Å². The normalized spacial score (nSPS) is 22.5. The Morgan fingerprint density at radius 2 is 2.08 bits per heavy atom. The minimum atomic E-state index is -0.551. The van der Waals surface area contributed by atoms with Crippen molar-refractivity contribution in [2.45, 2.75) is 5.54 Å². The fourth-order valence-corrected chi connectivity index (χ4v) is 1.99. The van der Waals surface area contributed by atoms with E-state index in [2.05, 4.69) is 4.98 Å². The van der Waals surface area contributed by atoms with Gasteiger partial charge in [-0.2, -0.15) is 0 Å². The summed E-state index contributed by atoms with van der Waals surface area (Å²) < 4.78 is 10.7. The highest BCUT2D eigenvalue weighted by atomic mass is 32.1. The van der Waals surface area contributed by atoms with Crippen LogP contribution in [0.2, 0.25) is 0 Å². The second-order valence-corrected chi connectivity index (χ2v) is 3.99. The quantitative estimate of drug-likeness (QED) is 0.710. The first-order chi connectivity index (χ1) is 6.31. The lowest BCUT2D eigenvalue weighted by molar-refractivity contribution is 0.103. The lowest BCUT2D eigenvalue weighted by Gasteiger charge is -2.23. The van der Waals surface area contributed by atoms with E-state index in [1.165, 1.54) is 0 Å². The predicted molar refractivity (Wildman–Crippen MR) is 49.6 cm³/mol. The third-order valence-corrected chi connectivity index (χ3v) is 2.94. The lowest BCUT2D eigenvalue weighted by Crippen LogP contribution is -2.44. The summed E-state index contributed by atoms with van der Waals surface area (Å²) in [4.78, 5) is 4.19. The fraction of sp³-hybridized carbons (Fsp3) is 0.625. The van der Waals surface area contributed by atoms with Crippen LogP contribution in [0.4, 0.5) is 0 Å². The minimum Gasteiger partial charge on any atom is -0.377 e. The van der Waals surface area contributed by atoms with Crippen LogP contribution >= 0.6 is 11.3 Å². The molecule has 1 aromatic heterocycles. The standard InChI is InChI=1S/C8H12N2O2S/c9-8(7-10-1-4-13-7)5-11-2-3-12-6-8/h1,4H,2-3,5-6,9H2. The van der Waals surface area contributed by atoms with Crippen LogP contribution in [0, 0.1) is 0 Å². The van der Waals surface area contributed by atoms with Crippen LogP contribution < -0.4 is 5.73 Å². The van der Waals surface area contributed by atoms with E-state index in [1.54, 1.807) is 17.5 Å². The second-order valence-electron chi connectivity index (χ2n) is 3.10. The molecule has 1 aliphatic rings. The van der Waals surface area contributed by atoms with Crippen molar-refractivity contribution in [1.82, 2.24) is 4.98 Å². The maximum Gasteiger partial charge on any atom is 0.117 e. The van der Waals surface area contributed by atoms with Crippen LogP contribution in [-0.4, -0.2) is 31.4 Å². The van der Waals surface area contributed by atoms with Gasteiger partial charge in [-0.25, -0.2) is 4.98 Å². The summed E-state index contributed by atoms with van der Waals surface area (Å²) in [7, 11) is 0. The van der Waals surface area contributed by atoms with E-state index in [1.807, 2.05) is 5.38 Å². The number of nitrogens with two attached hydrogens (primary N) is 1. The number of hydrogen-bond acceptors (Lipinski definition) is 5. The number of rotatable bonds is 1. The molecule has 2 rings (SSSR count). The molecular weight excluding hydrogens is 188 g/mol. The predicted octanol–water partition coefficient (Wildman–Crippen LogP) is 0.344. The smallest absolute Gasteiger partial charge is 0.117 e. The average Bonchev–Trinajstić information content (AvgIpc) is 2.57. The van der Waals surface area contributed by atoms with Gasteiger partial charge in [-0.3, -0.25) is 0 Å². The van der Waals surface area contributed by atoms with E-state index < -0.39 is 5.54 Å². The maximum atomic E-state index is 6.12. The molecular formula is C8H12N2O2S. The zero-order valence-corrected chi connectivity index (χ0v) is 8.05. The van der Waals surface area contributed by atoms with E-state index in [-0.39, 0.29) is 0 Å². The van der Waals surface area contributed by atoms with Gasteiger partial charge in [-0.15, -0.1) is 11.3 Å². The van der Waals surface area contributed by atoms with Gasteiger partial charge >= 0.3 is 0 Å². The number of ether oxygens (including phenoxy) is 2. The summed E-state index contributed by atoms with van der Waals surface area (Å²) >= 11 is 1.54. The molecule has 1 aliphatic heterocycles. The average molecular weight is 200 g/mol. The Kier molecular flexibility index (Phi) is 2.59. The molecule has 13 heavy (non-hydrogen) atoms. The van der Waals surface area contributed by atoms with Crippen molar-refractivity contribution < 1.29 is 9.47 Å². The Hall–Kier alpha value is -0.490. The van der Waals surface area contributed by atoms with Gasteiger partial charge in [0, 0.05) is 11.6 Å². The van der Waals surface area contributed by atoms with Crippen molar-refractivity contribution in [1.29, 1.82) is 0 Å². The molecule has 0 bridgehead atoms. The summed E-state index contributed by atoms with van der Waals surface area (Å²) in [6, 6.07) is 0. The van der Waals surface area contributed by atoms with Crippen molar-refractivity contribution in [3.8, 4) is 0 Å². The number of thiazole rings is 1. The molecule has 0 unspecified atom stereocenters. The summed E-state index contributed by atoms with van der Waals surface area (Å²) in [6.45, 7) is 2.20. The molecule has 2 heterocycles. The first-order valence-corrected chi connectivity index (χ1v) is 5.04. The van der Waals surface area contributed by atoms with Crippen molar-refractivity contribution in [2.24, 2.45) is 5.73 Å². The molecule has 0 saturated carbocycles. The van der Waals surface area contributed by atoms with Crippen LogP contribution in [0.15, 0.2) is 11.6 Å². The number of hydrogen-bond donors (Lipinski definition) is 1. The van der Waals surface area contributed by atoms with Crippen molar-refractivity contribution >= 4 is 11.3 Å². The first kappa shape index (κ1) is 9.08. The van der Waals surface area contributed by atoms with Crippen LogP contribution in [0.25, 0.3) is 0 Å². The van der Waals surface area contributed by atoms with E-state index in [0.717, 1.165) is 5.01 Å². The van der Waals surface area contributed by atoms with Crippen LogP contribution in [0.3, 0.4) is 0 Å². The van der Waals surface area contributed by atoms with Gasteiger partial charge in [-0.05, 0) is 0 Å². The van der Waals surface area contributed by atoms with Gasteiger partial charge < -0.3 is 15.2 Å². The maximum absolute atomic E-state index is 6.12. The molecule has 1 saturated heterocycles. The third-order valence-electron chi connectivity index (χ3n) is 1.95. The summed E-state index contributed by atoms with van der Waals surface area (Å²) in [5, 5.41) is 2.80. The molecule has 4 nitrogen and oxygen atoms in total. The molecule has 0 aromatic carbocycles. The van der Waals surface area contributed by atoms with Gasteiger partial charge in [-0.1, -0.05) is 0 Å². The van der Waals surface area contributed by atoms with Crippen LogP contribution in [-0.2, 0) is 15.0 Å². The van der Waals surface area contributed by atoms with Crippen LogP contribution in [0.5, 0.6) is 0 Å². The Morgan fingerprint density at radius 3 is 2.62 bits per heavy atom. The highest BCUT2D eigenvalue weighted by Gasteiger charge is 2.32. The SMILES string of the molecule is NC1(c2nccs2)COCCOC1. The Balaban J connectivity index is 2.17. The van der Waals surface area contributed by atoms with Gasteiger partial charge in [0.25, 0.3) is 0 Å². The van der Waals surface area contributed by atoms with Gasteiger partial charge in [0.05, 0.1) is 26.4 Å². The zero-order valence-electron chi connectivity index (χ0n) is 7.23. The second kappa shape index (κ2) is 3.71. The molecule has 0 aliphatic carbocycles. The lowest BCUT2D eigenvalue weighted by atomic mass is 10.1. The highest BCUT2D eigenvalue weighted by molar-refractivity contribution is 7.09. The molecule has 1 fully saturated rings. The van der Waals surface area contributed by atoms with Crippen molar-refractivity contribution in [2.75, 3.05) is 26.4 Å². The van der Waals surface area contributed by atoms with Gasteiger partial charge in [0.2, 0.25) is 0 Å². The Morgan fingerprint density at radius 1 is 1.38 bits per heavy atom. The Labute approximate surface area is 80.7 Å². The Bertz CT molecular complexity index is 255. The van der Waals surface area contributed by atoms with Gasteiger partial charge in [0.1, 0.15) is 10.5 Å². The fourth-order valence-electron chi connectivity index (χ4n) is 1.26. The monoisotopic (exact) mass is 200 g/mol. The van der Waals surface area contributed by atoms with E-state index >= 15 is 0 Å². The van der Waals surface area contributed by atoms with Crippen molar-refractivity contribution in [3.05, 3.63) is 16.6 Å². The topological polar surface area (TPSA) is 57.4 Å². The van der Waals surface area contributed by atoms with E-state index in [9.17, 15) is 0 Å². The largest absolute Gasteiger partial charge is 0.377 e. The summed E-state index contributed by atoms with van der Waals surface area (Å²) in [5.74, 6) is 0. The molecule has 0 radical (unpaired) electrons. The molecule has 0 atom stereocenters. The zero-order chi connectivity index (χ0) is 9.15. The number of nitrogens with zero attached hydrogens (tertiary/aromatic N) is 1. The molecule has 2 N–H and O–H groups in total. The minimum absolute atomic E-state index is 0.487.